The molecule has 0 bridgehead atoms. The van der Waals surface area contributed by atoms with Crippen LogP contribution in [0.4, 0.5) is 5.13 Å². The average molecular weight is 246 g/mol. The summed E-state index contributed by atoms with van der Waals surface area (Å²) in [5, 5.41) is 0.947. The summed E-state index contributed by atoms with van der Waals surface area (Å²) in [6.07, 6.45) is 1.67. The highest BCUT2D eigenvalue weighted by molar-refractivity contribution is 7.19. The van der Waals surface area contributed by atoms with Gasteiger partial charge >= 0.3 is 0 Å². The number of amides is 1. The number of aromatic nitrogens is 1. The van der Waals surface area contributed by atoms with E-state index in [2.05, 4.69) is 9.88 Å². The van der Waals surface area contributed by atoms with Crippen molar-refractivity contribution in [1.82, 2.24) is 9.88 Å². The van der Waals surface area contributed by atoms with Gasteiger partial charge in [-0.3, -0.25) is 4.79 Å². The van der Waals surface area contributed by atoms with Crippen LogP contribution in [0, 0.1) is 0 Å². The molecule has 0 aromatic carbocycles. The molecule has 0 N–H and O–H groups in total. The molecule has 0 spiro atoms. The fourth-order valence-corrected chi connectivity index (χ4v) is 2.56. The number of nitrogens with zero attached hydrogens (tertiary/aromatic N) is 3. The molecule has 82 valence electrons. The molecule has 6 heteroatoms. The van der Waals surface area contributed by atoms with Gasteiger partial charge in [-0.05, 0) is 0 Å². The fraction of sp³-hybridized carbons (Fsp3) is 0.556. The number of hydrogen-bond acceptors (Lipinski definition) is 4. The van der Waals surface area contributed by atoms with E-state index in [0.29, 0.717) is 4.34 Å². The molecule has 1 amide bonds. The van der Waals surface area contributed by atoms with E-state index in [1.54, 1.807) is 13.1 Å². The van der Waals surface area contributed by atoms with Gasteiger partial charge in [0.25, 0.3) is 0 Å². The molecular formula is C9H12ClN3OS. The van der Waals surface area contributed by atoms with Crippen molar-refractivity contribution in [2.45, 2.75) is 6.92 Å². The van der Waals surface area contributed by atoms with Crippen LogP contribution in [0.15, 0.2) is 6.20 Å². The van der Waals surface area contributed by atoms with Crippen LogP contribution in [-0.4, -0.2) is 42.0 Å². The molecule has 2 heterocycles. The number of rotatable bonds is 1. The van der Waals surface area contributed by atoms with Crippen molar-refractivity contribution in [3.8, 4) is 0 Å². The quantitative estimate of drug-likeness (QED) is 0.752. The number of piperazine rings is 1. The van der Waals surface area contributed by atoms with E-state index in [-0.39, 0.29) is 5.91 Å². The van der Waals surface area contributed by atoms with Gasteiger partial charge in [0.15, 0.2) is 5.13 Å². The van der Waals surface area contributed by atoms with E-state index in [0.717, 1.165) is 31.3 Å². The Morgan fingerprint density at radius 3 is 2.60 bits per heavy atom. The minimum atomic E-state index is 0.145. The fourth-order valence-electron chi connectivity index (χ4n) is 1.60. The number of hydrogen-bond donors (Lipinski definition) is 0. The number of carbonyl (C=O) groups is 1. The average Bonchev–Trinajstić information content (AvgIpc) is 2.65. The van der Waals surface area contributed by atoms with Gasteiger partial charge in [-0.2, -0.15) is 0 Å². The van der Waals surface area contributed by atoms with Crippen molar-refractivity contribution < 1.29 is 4.79 Å². The molecule has 1 fully saturated rings. The highest BCUT2D eigenvalue weighted by atomic mass is 35.5. The molecule has 2 rings (SSSR count). The molecule has 1 saturated heterocycles. The van der Waals surface area contributed by atoms with Crippen LogP contribution in [0.5, 0.6) is 0 Å². The summed E-state index contributed by atoms with van der Waals surface area (Å²) in [5.41, 5.74) is 0. The first-order valence-electron chi connectivity index (χ1n) is 4.78. The first kappa shape index (κ1) is 10.7. The standard InChI is InChI=1S/C9H12ClN3OS/c1-7(14)12-2-4-13(5-3-12)9-11-6-8(10)15-9/h6H,2-5H2,1H3. The highest BCUT2D eigenvalue weighted by Crippen LogP contribution is 2.26. The van der Waals surface area contributed by atoms with Gasteiger partial charge in [0, 0.05) is 33.1 Å². The van der Waals surface area contributed by atoms with E-state index < -0.39 is 0 Å². The molecule has 15 heavy (non-hydrogen) atoms. The Bertz CT molecular complexity index is 360. The lowest BCUT2D eigenvalue weighted by Gasteiger charge is -2.33. The van der Waals surface area contributed by atoms with Gasteiger partial charge in [-0.1, -0.05) is 22.9 Å². The lowest BCUT2D eigenvalue weighted by atomic mass is 10.3. The molecule has 1 aromatic heterocycles. The maximum Gasteiger partial charge on any atom is 0.219 e. The molecule has 1 aliphatic heterocycles. The molecule has 0 aliphatic carbocycles. The van der Waals surface area contributed by atoms with Crippen LogP contribution in [-0.2, 0) is 4.79 Å². The number of anilines is 1. The summed E-state index contributed by atoms with van der Waals surface area (Å²) in [7, 11) is 0. The minimum Gasteiger partial charge on any atom is -0.345 e. The van der Waals surface area contributed by atoms with E-state index >= 15 is 0 Å². The summed E-state index contributed by atoms with van der Waals surface area (Å²) in [5.74, 6) is 0.145. The maximum absolute atomic E-state index is 11.1. The van der Waals surface area contributed by atoms with Crippen LogP contribution in [0.25, 0.3) is 0 Å². The maximum atomic E-state index is 11.1. The van der Waals surface area contributed by atoms with Crippen LogP contribution < -0.4 is 4.90 Å². The third-order valence-electron chi connectivity index (χ3n) is 2.46. The first-order valence-corrected chi connectivity index (χ1v) is 5.98. The van der Waals surface area contributed by atoms with E-state index in [9.17, 15) is 4.79 Å². The van der Waals surface area contributed by atoms with E-state index in [4.69, 9.17) is 11.6 Å². The Kier molecular flexibility index (Phi) is 3.11. The van der Waals surface area contributed by atoms with Gasteiger partial charge in [-0.15, -0.1) is 0 Å². The van der Waals surface area contributed by atoms with Gasteiger partial charge in [0.2, 0.25) is 5.91 Å². The number of halogens is 1. The first-order chi connectivity index (χ1) is 7.16. The molecular weight excluding hydrogens is 234 g/mol. The second kappa shape index (κ2) is 4.37. The minimum absolute atomic E-state index is 0.145. The number of thiazole rings is 1. The van der Waals surface area contributed by atoms with Crippen molar-refractivity contribution >= 4 is 34.0 Å². The molecule has 0 saturated carbocycles. The zero-order chi connectivity index (χ0) is 10.8. The van der Waals surface area contributed by atoms with Crippen molar-refractivity contribution in [3.05, 3.63) is 10.5 Å². The molecule has 0 atom stereocenters. The van der Waals surface area contributed by atoms with Gasteiger partial charge < -0.3 is 9.80 Å². The van der Waals surface area contributed by atoms with Crippen LogP contribution in [0.3, 0.4) is 0 Å². The smallest absolute Gasteiger partial charge is 0.219 e. The molecule has 0 unspecified atom stereocenters. The third-order valence-corrected chi connectivity index (χ3v) is 3.64. The van der Waals surface area contributed by atoms with Crippen LogP contribution in [0.2, 0.25) is 4.34 Å². The Morgan fingerprint density at radius 1 is 1.47 bits per heavy atom. The van der Waals surface area contributed by atoms with Crippen molar-refractivity contribution in [1.29, 1.82) is 0 Å². The second-order valence-electron chi connectivity index (χ2n) is 3.44. The van der Waals surface area contributed by atoms with Crippen molar-refractivity contribution in [2.24, 2.45) is 0 Å². The Hall–Kier alpha value is -0.810. The largest absolute Gasteiger partial charge is 0.345 e. The molecule has 0 radical (unpaired) electrons. The van der Waals surface area contributed by atoms with Crippen LogP contribution in [0.1, 0.15) is 6.92 Å². The predicted molar refractivity (Wildman–Crippen MR) is 61.6 cm³/mol. The van der Waals surface area contributed by atoms with Gasteiger partial charge in [0.1, 0.15) is 4.34 Å². The molecule has 1 aliphatic rings. The Balaban J connectivity index is 1.96. The lowest BCUT2D eigenvalue weighted by molar-refractivity contribution is -0.129. The summed E-state index contributed by atoms with van der Waals surface area (Å²) in [6, 6.07) is 0. The van der Waals surface area contributed by atoms with Crippen LogP contribution >= 0.6 is 22.9 Å². The van der Waals surface area contributed by atoms with Gasteiger partial charge in [0.05, 0.1) is 6.20 Å². The second-order valence-corrected chi connectivity index (χ2v) is 5.08. The van der Waals surface area contributed by atoms with E-state index in [1.807, 2.05) is 4.90 Å². The van der Waals surface area contributed by atoms with Crippen molar-refractivity contribution in [2.75, 3.05) is 31.1 Å². The zero-order valence-corrected chi connectivity index (χ0v) is 10.0. The van der Waals surface area contributed by atoms with E-state index in [1.165, 1.54) is 11.3 Å². The normalized spacial score (nSPS) is 16.9. The summed E-state index contributed by atoms with van der Waals surface area (Å²) in [4.78, 5) is 19.4. The topological polar surface area (TPSA) is 36.4 Å². The summed E-state index contributed by atoms with van der Waals surface area (Å²) >= 11 is 7.30. The predicted octanol–water partition coefficient (Wildman–Crippen LogP) is 1.46. The Labute approximate surface area is 97.5 Å². The third kappa shape index (κ3) is 2.41. The zero-order valence-electron chi connectivity index (χ0n) is 8.44. The van der Waals surface area contributed by atoms with Crippen molar-refractivity contribution in [3.63, 3.8) is 0 Å². The SMILES string of the molecule is CC(=O)N1CCN(c2ncc(Cl)s2)CC1. The summed E-state index contributed by atoms with van der Waals surface area (Å²) in [6.45, 7) is 4.82. The lowest BCUT2D eigenvalue weighted by Crippen LogP contribution is -2.48. The summed E-state index contributed by atoms with van der Waals surface area (Å²) < 4.78 is 0.707. The highest BCUT2D eigenvalue weighted by Gasteiger charge is 2.20. The number of carbonyl (C=O) groups excluding carboxylic acids is 1. The molecule has 1 aromatic rings. The Morgan fingerprint density at radius 2 is 2.13 bits per heavy atom. The molecule has 4 nitrogen and oxygen atoms in total. The monoisotopic (exact) mass is 245 g/mol. The van der Waals surface area contributed by atoms with Gasteiger partial charge in [-0.25, -0.2) is 4.98 Å².